The molecule has 0 fully saturated rings. The summed E-state index contributed by atoms with van der Waals surface area (Å²) >= 11 is 0. The number of nitrogen functional groups attached to an aromatic ring is 1. The first-order chi connectivity index (χ1) is 13.1. The van der Waals surface area contributed by atoms with E-state index in [2.05, 4.69) is 20.3 Å². The molecule has 0 aliphatic heterocycles. The summed E-state index contributed by atoms with van der Waals surface area (Å²) in [5, 5.41) is 4.22. The molecule has 134 valence electrons. The minimum Gasteiger partial charge on any atom is -0.455 e. The second-order valence-electron chi connectivity index (χ2n) is 6.34. The van der Waals surface area contributed by atoms with Crippen molar-refractivity contribution >= 4 is 28.1 Å². The number of ether oxygens (including phenoxy) is 1. The van der Waals surface area contributed by atoms with Crippen LogP contribution in [0.5, 0.6) is 11.5 Å². The van der Waals surface area contributed by atoms with Crippen molar-refractivity contribution in [3.8, 4) is 11.5 Å². The monoisotopic (exact) mass is 357 g/mol. The fourth-order valence-corrected chi connectivity index (χ4v) is 2.79. The van der Waals surface area contributed by atoms with E-state index < -0.39 is 0 Å². The standard InChI is InChI=1S/C21H19N5O/c1-13-9-16(5-8-20(13)27-17-6-3-14(2)23-11-17)26-21-18-10-15(22)4-7-19(18)24-12-25-21/h3-12H,22H2,1-2H3,(H,24,25,26). The molecule has 0 aliphatic carbocycles. The van der Waals surface area contributed by atoms with Crippen molar-refractivity contribution in [1.29, 1.82) is 0 Å². The van der Waals surface area contributed by atoms with Crippen LogP contribution in [0, 0.1) is 13.8 Å². The van der Waals surface area contributed by atoms with Crippen molar-refractivity contribution in [1.82, 2.24) is 15.0 Å². The van der Waals surface area contributed by atoms with E-state index in [1.54, 1.807) is 6.20 Å². The smallest absolute Gasteiger partial charge is 0.145 e. The van der Waals surface area contributed by atoms with Gasteiger partial charge in [0.2, 0.25) is 0 Å². The number of anilines is 3. The van der Waals surface area contributed by atoms with Crippen molar-refractivity contribution < 1.29 is 4.74 Å². The van der Waals surface area contributed by atoms with Gasteiger partial charge in [-0.1, -0.05) is 0 Å². The number of aromatic nitrogens is 3. The number of rotatable bonds is 4. The van der Waals surface area contributed by atoms with Gasteiger partial charge in [-0.3, -0.25) is 4.98 Å². The molecule has 2 aromatic heterocycles. The minimum absolute atomic E-state index is 0.673. The summed E-state index contributed by atoms with van der Waals surface area (Å²) in [6.45, 7) is 3.94. The molecule has 6 nitrogen and oxygen atoms in total. The third-order valence-electron chi connectivity index (χ3n) is 4.21. The Labute approximate surface area is 157 Å². The third kappa shape index (κ3) is 3.64. The largest absolute Gasteiger partial charge is 0.455 e. The highest BCUT2D eigenvalue weighted by molar-refractivity contribution is 5.92. The second kappa shape index (κ2) is 6.92. The van der Waals surface area contributed by atoms with Gasteiger partial charge in [0, 0.05) is 22.5 Å². The van der Waals surface area contributed by atoms with Gasteiger partial charge in [0.25, 0.3) is 0 Å². The Kier molecular flexibility index (Phi) is 4.30. The van der Waals surface area contributed by atoms with E-state index in [0.717, 1.165) is 33.6 Å². The minimum atomic E-state index is 0.673. The summed E-state index contributed by atoms with van der Waals surface area (Å²) in [6.07, 6.45) is 3.26. The van der Waals surface area contributed by atoms with Crippen LogP contribution in [0.2, 0.25) is 0 Å². The Bertz CT molecular complexity index is 1110. The zero-order chi connectivity index (χ0) is 18.8. The molecule has 3 N–H and O–H groups in total. The highest BCUT2D eigenvalue weighted by Crippen LogP contribution is 2.30. The highest BCUT2D eigenvalue weighted by atomic mass is 16.5. The lowest BCUT2D eigenvalue weighted by Crippen LogP contribution is -1.98. The second-order valence-corrected chi connectivity index (χ2v) is 6.34. The maximum Gasteiger partial charge on any atom is 0.145 e. The molecule has 0 unspecified atom stereocenters. The lowest BCUT2D eigenvalue weighted by atomic mass is 10.2. The number of aryl methyl sites for hydroxylation is 2. The Balaban J connectivity index is 1.60. The van der Waals surface area contributed by atoms with E-state index in [0.29, 0.717) is 17.3 Å². The SMILES string of the molecule is Cc1ccc(Oc2ccc(Nc3ncnc4ccc(N)cc34)cc2C)cn1. The Morgan fingerprint density at radius 3 is 2.59 bits per heavy atom. The van der Waals surface area contributed by atoms with Gasteiger partial charge >= 0.3 is 0 Å². The quantitative estimate of drug-likeness (QED) is 0.512. The summed E-state index contributed by atoms with van der Waals surface area (Å²) in [4.78, 5) is 12.9. The van der Waals surface area contributed by atoms with E-state index in [1.165, 1.54) is 6.33 Å². The van der Waals surface area contributed by atoms with Crippen LogP contribution in [0.4, 0.5) is 17.2 Å². The lowest BCUT2D eigenvalue weighted by molar-refractivity contribution is 0.476. The van der Waals surface area contributed by atoms with Crippen LogP contribution < -0.4 is 15.8 Å². The number of hydrogen-bond donors (Lipinski definition) is 2. The molecule has 0 saturated heterocycles. The van der Waals surface area contributed by atoms with Gasteiger partial charge in [0.15, 0.2) is 0 Å². The van der Waals surface area contributed by atoms with Crippen LogP contribution in [0.15, 0.2) is 61.1 Å². The predicted molar refractivity (Wildman–Crippen MR) is 107 cm³/mol. The fraction of sp³-hybridized carbons (Fsp3) is 0.0952. The van der Waals surface area contributed by atoms with Gasteiger partial charge in [0.1, 0.15) is 23.6 Å². The van der Waals surface area contributed by atoms with E-state index in [-0.39, 0.29) is 0 Å². The topological polar surface area (TPSA) is 86.0 Å². The van der Waals surface area contributed by atoms with Gasteiger partial charge in [-0.05, 0) is 67.9 Å². The molecule has 0 amide bonds. The van der Waals surface area contributed by atoms with Crippen molar-refractivity contribution in [2.24, 2.45) is 0 Å². The fourth-order valence-electron chi connectivity index (χ4n) is 2.79. The molecular formula is C21H19N5O. The molecule has 4 aromatic rings. The average Bonchev–Trinajstić information content (AvgIpc) is 2.66. The maximum atomic E-state index is 5.92. The highest BCUT2D eigenvalue weighted by Gasteiger charge is 2.07. The summed E-state index contributed by atoms with van der Waals surface area (Å²) in [7, 11) is 0. The van der Waals surface area contributed by atoms with Gasteiger partial charge in [0.05, 0.1) is 11.7 Å². The van der Waals surface area contributed by atoms with Gasteiger partial charge in [-0.15, -0.1) is 0 Å². The average molecular weight is 357 g/mol. The predicted octanol–water partition coefficient (Wildman–Crippen LogP) is 4.76. The molecule has 27 heavy (non-hydrogen) atoms. The molecule has 2 heterocycles. The molecule has 4 rings (SSSR count). The van der Waals surface area contributed by atoms with Gasteiger partial charge in [-0.2, -0.15) is 0 Å². The number of hydrogen-bond acceptors (Lipinski definition) is 6. The van der Waals surface area contributed by atoms with E-state index in [4.69, 9.17) is 10.5 Å². The van der Waals surface area contributed by atoms with Crippen molar-refractivity contribution in [3.63, 3.8) is 0 Å². The lowest BCUT2D eigenvalue weighted by Gasteiger charge is -2.12. The van der Waals surface area contributed by atoms with Crippen molar-refractivity contribution in [2.45, 2.75) is 13.8 Å². The van der Waals surface area contributed by atoms with Crippen LogP contribution in [-0.2, 0) is 0 Å². The normalized spacial score (nSPS) is 10.7. The molecular weight excluding hydrogens is 338 g/mol. The Morgan fingerprint density at radius 2 is 1.81 bits per heavy atom. The molecule has 0 radical (unpaired) electrons. The molecule has 0 saturated carbocycles. The summed E-state index contributed by atoms with van der Waals surface area (Å²) in [5.41, 5.74) is 10.3. The summed E-state index contributed by atoms with van der Waals surface area (Å²) < 4.78 is 5.92. The first-order valence-electron chi connectivity index (χ1n) is 8.57. The third-order valence-corrected chi connectivity index (χ3v) is 4.21. The number of benzene rings is 2. The molecule has 0 atom stereocenters. The Hall–Kier alpha value is -3.67. The zero-order valence-corrected chi connectivity index (χ0v) is 15.1. The summed E-state index contributed by atoms with van der Waals surface area (Å²) in [6, 6.07) is 15.3. The molecule has 2 aromatic carbocycles. The van der Waals surface area contributed by atoms with Crippen LogP contribution >= 0.6 is 0 Å². The van der Waals surface area contributed by atoms with E-state index in [9.17, 15) is 0 Å². The van der Waals surface area contributed by atoms with Crippen LogP contribution in [0.3, 0.4) is 0 Å². The number of nitrogens with two attached hydrogens (primary N) is 1. The number of nitrogens with zero attached hydrogens (tertiary/aromatic N) is 3. The first kappa shape index (κ1) is 16.8. The van der Waals surface area contributed by atoms with Crippen molar-refractivity contribution in [2.75, 3.05) is 11.1 Å². The molecule has 0 bridgehead atoms. The zero-order valence-electron chi connectivity index (χ0n) is 15.1. The Morgan fingerprint density at radius 1 is 0.926 bits per heavy atom. The van der Waals surface area contributed by atoms with Gasteiger partial charge < -0.3 is 15.8 Å². The number of pyridine rings is 1. The first-order valence-corrected chi connectivity index (χ1v) is 8.57. The molecule has 0 aliphatic rings. The molecule has 0 spiro atoms. The van der Waals surface area contributed by atoms with E-state index in [1.807, 2.05) is 62.4 Å². The van der Waals surface area contributed by atoms with Crippen LogP contribution in [0.25, 0.3) is 10.9 Å². The van der Waals surface area contributed by atoms with Crippen LogP contribution in [0.1, 0.15) is 11.3 Å². The van der Waals surface area contributed by atoms with Gasteiger partial charge in [-0.25, -0.2) is 9.97 Å². The van der Waals surface area contributed by atoms with E-state index >= 15 is 0 Å². The molecule has 6 heteroatoms. The van der Waals surface area contributed by atoms with Crippen molar-refractivity contribution in [3.05, 3.63) is 72.3 Å². The van der Waals surface area contributed by atoms with Crippen LogP contribution in [-0.4, -0.2) is 15.0 Å². The number of fused-ring (bicyclic) bond motifs is 1. The maximum absolute atomic E-state index is 5.92. The summed E-state index contributed by atoms with van der Waals surface area (Å²) in [5.74, 6) is 2.20. The number of nitrogens with one attached hydrogen (secondary N) is 1.